The van der Waals surface area contributed by atoms with E-state index in [1.165, 1.54) is 54.8 Å². The van der Waals surface area contributed by atoms with Gasteiger partial charge >= 0.3 is 0 Å². The molecule has 0 radical (unpaired) electrons. The zero-order chi connectivity index (χ0) is 34.6. The average Bonchev–Trinajstić information content (AvgIpc) is 3.90. The van der Waals surface area contributed by atoms with Gasteiger partial charge in [0, 0.05) is 50.8 Å². The van der Waals surface area contributed by atoms with Crippen LogP contribution < -0.4 is 0 Å². The van der Waals surface area contributed by atoms with Crippen molar-refractivity contribution in [1.29, 1.82) is 0 Å². The summed E-state index contributed by atoms with van der Waals surface area (Å²) in [5.74, 6) is 0. The van der Waals surface area contributed by atoms with Crippen LogP contribution in [0.4, 0.5) is 0 Å². The van der Waals surface area contributed by atoms with Gasteiger partial charge in [-0.15, -0.1) is 0 Å². The molecular formula is C48H29N5. The summed E-state index contributed by atoms with van der Waals surface area (Å²) in [5, 5.41) is 7.08. The van der Waals surface area contributed by atoms with E-state index in [2.05, 4.69) is 190 Å². The number of para-hydroxylation sites is 5. The standard InChI is InChI=1S/C48H29N5/c1-2-12-32(13-3-1)53-43-24-22-30(39-28-51-45-20-10-8-18-41(45)49-47(51)35-16-6-4-14-33(35)39)26-37(43)38-27-31(23-25-44(38)53)40-29-52-46-21-11-9-19-42(46)50-48(52)36-17-7-5-15-34(36)40/h1-29H. The lowest BCUT2D eigenvalue weighted by Gasteiger charge is -2.11. The Morgan fingerprint density at radius 3 is 1.28 bits per heavy atom. The third-order valence-corrected chi connectivity index (χ3v) is 11.0. The van der Waals surface area contributed by atoms with Crippen LogP contribution in [0.2, 0.25) is 0 Å². The van der Waals surface area contributed by atoms with Crippen LogP contribution in [0.3, 0.4) is 0 Å². The molecule has 0 atom stereocenters. The van der Waals surface area contributed by atoms with Gasteiger partial charge in [0.1, 0.15) is 11.3 Å². The molecule has 53 heavy (non-hydrogen) atoms. The van der Waals surface area contributed by atoms with Gasteiger partial charge in [-0.1, -0.05) is 103 Å². The zero-order valence-electron chi connectivity index (χ0n) is 28.5. The van der Waals surface area contributed by atoms with E-state index in [-0.39, 0.29) is 0 Å². The van der Waals surface area contributed by atoms with Gasteiger partial charge in [0.05, 0.1) is 33.1 Å². The highest BCUT2D eigenvalue weighted by Crippen LogP contribution is 2.41. The molecule has 0 saturated heterocycles. The number of pyridine rings is 2. The normalized spacial score (nSPS) is 12.2. The first-order chi connectivity index (χ1) is 26.3. The molecule has 0 aliphatic heterocycles. The zero-order valence-corrected chi connectivity index (χ0v) is 28.5. The van der Waals surface area contributed by atoms with Crippen LogP contribution in [-0.2, 0) is 0 Å². The number of hydrogen-bond donors (Lipinski definition) is 0. The summed E-state index contributed by atoms with van der Waals surface area (Å²) in [6.45, 7) is 0. The Balaban J connectivity index is 1.16. The molecule has 0 spiro atoms. The third-order valence-electron chi connectivity index (χ3n) is 11.0. The second kappa shape index (κ2) is 10.6. The van der Waals surface area contributed by atoms with E-state index >= 15 is 0 Å². The van der Waals surface area contributed by atoms with Crippen molar-refractivity contribution in [3.8, 4) is 27.9 Å². The molecule has 0 aliphatic rings. The van der Waals surface area contributed by atoms with Crippen molar-refractivity contribution in [3.05, 3.63) is 176 Å². The molecule has 12 rings (SSSR count). The number of rotatable bonds is 3. The maximum Gasteiger partial charge on any atom is 0.145 e. The number of fused-ring (bicyclic) bond motifs is 13. The highest BCUT2D eigenvalue weighted by molar-refractivity contribution is 6.14. The largest absolute Gasteiger partial charge is 0.309 e. The fourth-order valence-corrected chi connectivity index (χ4v) is 8.63. The number of aromatic nitrogens is 5. The van der Waals surface area contributed by atoms with Gasteiger partial charge in [0.15, 0.2) is 0 Å². The molecule has 0 bridgehead atoms. The maximum atomic E-state index is 5.05. The summed E-state index contributed by atoms with van der Waals surface area (Å²) >= 11 is 0. The average molecular weight is 676 g/mol. The minimum Gasteiger partial charge on any atom is -0.309 e. The molecule has 0 fully saturated rings. The quantitative estimate of drug-likeness (QED) is 0.187. The van der Waals surface area contributed by atoms with Crippen molar-refractivity contribution in [2.75, 3.05) is 0 Å². The van der Waals surface area contributed by atoms with Crippen molar-refractivity contribution in [2.24, 2.45) is 0 Å². The first kappa shape index (κ1) is 28.5. The minimum absolute atomic E-state index is 0.979. The molecule has 5 aromatic heterocycles. The summed E-state index contributed by atoms with van der Waals surface area (Å²) in [6, 6.07) is 58.7. The Morgan fingerprint density at radius 1 is 0.340 bits per heavy atom. The summed E-state index contributed by atoms with van der Waals surface area (Å²) < 4.78 is 6.90. The predicted molar refractivity (Wildman–Crippen MR) is 219 cm³/mol. The highest BCUT2D eigenvalue weighted by atomic mass is 15.0. The molecule has 0 saturated carbocycles. The second-order valence-corrected chi connectivity index (χ2v) is 13.9. The Bertz CT molecular complexity index is 3250. The fourth-order valence-electron chi connectivity index (χ4n) is 8.63. The van der Waals surface area contributed by atoms with Gasteiger partial charge < -0.3 is 4.57 Å². The van der Waals surface area contributed by atoms with Crippen molar-refractivity contribution in [3.63, 3.8) is 0 Å². The molecule has 0 amide bonds. The smallest absolute Gasteiger partial charge is 0.145 e. The lowest BCUT2D eigenvalue weighted by atomic mass is 9.97. The van der Waals surface area contributed by atoms with Gasteiger partial charge in [-0.2, -0.15) is 0 Å². The highest BCUT2D eigenvalue weighted by Gasteiger charge is 2.19. The molecule has 0 aliphatic carbocycles. The molecule has 5 nitrogen and oxygen atoms in total. The Morgan fingerprint density at radius 2 is 0.774 bits per heavy atom. The summed E-state index contributed by atoms with van der Waals surface area (Å²) in [5.41, 5.74) is 14.3. The molecule has 5 heteroatoms. The van der Waals surface area contributed by atoms with Crippen LogP contribution in [0, 0.1) is 0 Å². The third kappa shape index (κ3) is 4.02. The Kier molecular flexibility index (Phi) is 5.71. The minimum atomic E-state index is 0.979. The molecule has 0 unspecified atom stereocenters. The first-order valence-corrected chi connectivity index (χ1v) is 18.0. The summed E-state index contributed by atoms with van der Waals surface area (Å²) in [4.78, 5) is 10.1. The number of nitrogens with zero attached hydrogens (tertiary/aromatic N) is 5. The first-order valence-electron chi connectivity index (χ1n) is 18.0. The number of imidazole rings is 2. The van der Waals surface area contributed by atoms with Crippen LogP contribution >= 0.6 is 0 Å². The van der Waals surface area contributed by atoms with Gasteiger partial charge in [0.2, 0.25) is 0 Å². The number of hydrogen-bond acceptors (Lipinski definition) is 2. The van der Waals surface area contributed by atoms with E-state index in [9.17, 15) is 0 Å². The van der Waals surface area contributed by atoms with Gasteiger partial charge in [-0.3, -0.25) is 8.80 Å². The van der Waals surface area contributed by atoms with Crippen LogP contribution in [0.25, 0.3) is 105 Å². The molecule has 246 valence electrons. The van der Waals surface area contributed by atoms with E-state index < -0.39 is 0 Å². The monoisotopic (exact) mass is 675 g/mol. The molecule has 12 aromatic rings. The van der Waals surface area contributed by atoms with E-state index in [0.29, 0.717) is 0 Å². The van der Waals surface area contributed by atoms with Crippen LogP contribution in [0.15, 0.2) is 176 Å². The van der Waals surface area contributed by atoms with Gasteiger partial charge in [0.25, 0.3) is 0 Å². The van der Waals surface area contributed by atoms with Crippen molar-refractivity contribution >= 4 is 76.7 Å². The van der Waals surface area contributed by atoms with E-state index in [1.54, 1.807) is 0 Å². The lowest BCUT2D eigenvalue weighted by Crippen LogP contribution is -1.94. The van der Waals surface area contributed by atoms with Crippen molar-refractivity contribution in [2.45, 2.75) is 0 Å². The van der Waals surface area contributed by atoms with Crippen molar-refractivity contribution < 1.29 is 0 Å². The number of benzene rings is 7. The molecule has 7 aromatic carbocycles. The van der Waals surface area contributed by atoms with Crippen LogP contribution in [-0.4, -0.2) is 23.3 Å². The van der Waals surface area contributed by atoms with Gasteiger partial charge in [-0.05, 0) is 82.6 Å². The summed E-state index contributed by atoms with van der Waals surface area (Å²) in [6.07, 6.45) is 4.54. The SMILES string of the molecule is c1ccc(-n2c3ccc(-c4cn5c6ccccc6nc5c5ccccc45)cc3c3cc(-c4cn5c6ccccc6nc5c5ccccc45)ccc32)cc1. The predicted octanol–water partition coefficient (Wildman–Crippen LogP) is 12.0. The Hall–Kier alpha value is -7.24. The van der Waals surface area contributed by atoms with Crippen LogP contribution in [0.5, 0.6) is 0 Å². The van der Waals surface area contributed by atoms with Crippen LogP contribution in [0.1, 0.15) is 0 Å². The topological polar surface area (TPSA) is 39.5 Å². The fraction of sp³-hybridized carbons (Fsp3) is 0. The lowest BCUT2D eigenvalue weighted by molar-refractivity contribution is 1.18. The van der Waals surface area contributed by atoms with Crippen molar-refractivity contribution in [1.82, 2.24) is 23.3 Å². The Labute approximate surface area is 303 Å². The van der Waals surface area contributed by atoms with E-state index in [0.717, 1.165) is 49.8 Å². The summed E-state index contributed by atoms with van der Waals surface area (Å²) in [7, 11) is 0. The maximum absolute atomic E-state index is 5.05. The molecular weight excluding hydrogens is 647 g/mol. The second-order valence-electron chi connectivity index (χ2n) is 13.9. The molecule has 5 heterocycles. The molecule has 0 N–H and O–H groups in total. The van der Waals surface area contributed by atoms with E-state index in [4.69, 9.17) is 9.97 Å². The van der Waals surface area contributed by atoms with Gasteiger partial charge in [-0.25, -0.2) is 9.97 Å². The van der Waals surface area contributed by atoms with E-state index in [1.807, 2.05) is 0 Å².